The van der Waals surface area contributed by atoms with E-state index >= 15 is 0 Å². The van der Waals surface area contributed by atoms with Crippen molar-refractivity contribution in [3.05, 3.63) is 40.7 Å². The fourth-order valence-corrected chi connectivity index (χ4v) is 2.19. The van der Waals surface area contributed by atoms with Gasteiger partial charge < -0.3 is 4.98 Å². The van der Waals surface area contributed by atoms with Crippen LogP contribution in [0.4, 0.5) is 0 Å². The van der Waals surface area contributed by atoms with Crippen LogP contribution >= 0.6 is 0 Å². The van der Waals surface area contributed by atoms with Crippen molar-refractivity contribution in [2.75, 3.05) is 0 Å². The van der Waals surface area contributed by atoms with E-state index in [2.05, 4.69) is 46.1 Å². The highest BCUT2D eigenvalue weighted by atomic mass is 15.1. The van der Waals surface area contributed by atoms with Crippen LogP contribution in [-0.4, -0.2) is 20.2 Å². The molecule has 0 aliphatic rings. The maximum atomic E-state index is 4.66. The second-order valence-electron chi connectivity index (χ2n) is 5.02. The summed E-state index contributed by atoms with van der Waals surface area (Å²) in [6, 6.07) is 6.26. The molecule has 0 aliphatic heterocycles. The molecule has 4 nitrogen and oxygen atoms in total. The van der Waals surface area contributed by atoms with E-state index in [0.717, 1.165) is 33.8 Å². The van der Waals surface area contributed by atoms with Gasteiger partial charge in [-0.25, -0.2) is 4.98 Å². The van der Waals surface area contributed by atoms with Gasteiger partial charge in [-0.05, 0) is 57.0 Å². The molecule has 0 saturated carbocycles. The van der Waals surface area contributed by atoms with Crippen molar-refractivity contribution in [2.45, 2.75) is 27.7 Å². The number of hydrogen-bond donors (Lipinski definition) is 1. The summed E-state index contributed by atoms with van der Waals surface area (Å²) < 4.78 is 0. The van der Waals surface area contributed by atoms with Crippen molar-refractivity contribution in [3.8, 4) is 11.4 Å². The van der Waals surface area contributed by atoms with Gasteiger partial charge in [0.2, 0.25) is 0 Å². The molecule has 0 atom stereocenters. The monoisotopic (exact) mass is 252 g/mol. The minimum Gasteiger partial charge on any atom is -0.338 e. The first-order valence-corrected chi connectivity index (χ1v) is 6.33. The lowest BCUT2D eigenvalue weighted by Crippen LogP contribution is -1.94. The van der Waals surface area contributed by atoms with E-state index in [-0.39, 0.29) is 0 Å². The van der Waals surface area contributed by atoms with Crippen molar-refractivity contribution in [1.29, 1.82) is 0 Å². The standard InChI is InChI=1S/C15H16N4/c1-8-5-13-14(6-9(8)2)17-15(16-13)12-7-10(3)18-19-11(12)4/h5-7H,1-4H3,(H,16,17). The molecular formula is C15H16N4. The number of aromatic nitrogens is 4. The van der Waals surface area contributed by atoms with Gasteiger partial charge in [-0.2, -0.15) is 10.2 Å². The molecule has 19 heavy (non-hydrogen) atoms. The predicted octanol–water partition coefficient (Wildman–Crippen LogP) is 3.25. The molecule has 0 saturated heterocycles. The topological polar surface area (TPSA) is 54.5 Å². The summed E-state index contributed by atoms with van der Waals surface area (Å²) in [6.45, 7) is 8.10. The average Bonchev–Trinajstić information content (AvgIpc) is 2.75. The van der Waals surface area contributed by atoms with Crippen LogP contribution in [0.15, 0.2) is 18.2 Å². The second-order valence-corrected chi connectivity index (χ2v) is 5.02. The number of H-pyrrole nitrogens is 1. The average molecular weight is 252 g/mol. The molecule has 0 aliphatic carbocycles. The van der Waals surface area contributed by atoms with Crippen LogP contribution in [0.3, 0.4) is 0 Å². The van der Waals surface area contributed by atoms with Crippen molar-refractivity contribution in [2.24, 2.45) is 0 Å². The minimum absolute atomic E-state index is 0.857. The molecule has 1 N–H and O–H groups in total. The zero-order chi connectivity index (χ0) is 13.6. The van der Waals surface area contributed by atoms with Gasteiger partial charge in [0, 0.05) is 5.56 Å². The Kier molecular flexibility index (Phi) is 2.59. The summed E-state index contributed by atoms with van der Waals surface area (Å²) in [7, 11) is 0. The Morgan fingerprint density at radius 2 is 1.63 bits per heavy atom. The van der Waals surface area contributed by atoms with Crippen LogP contribution in [0.5, 0.6) is 0 Å². The van der Waals surface area contributed by atoms with Gasteiger partial charge in [0.1, 0.15) is 5.82 Å². The number of nitrogens with zero attached hydrogens (tertiary/aromatic N) is 3. The third kappa shape index (κ3) is 1.99. The number of aryl methyl sites for hydroxylation is 4. The van der Waals surface area contributed by atoms with E-state index in [0.29, 0.717) is 0 Å². The number of aromatic amines is 1. The summed E-state index contributed by atoms with van der Waals surface area (Å²) in [4.78, 5) is 8.03. The molecule has 3 rings (SSSR count). The normalized spacial score (nSPS) is 11.2. The molecular weight excluding hydrogens is 236 g/mol. The lowest BCUT2D eigenvalue weighted by atomic mass is 10.1. The molecule has 0 radical (unpaired) electrons. The fraction of sp³-hybridized carbons (Fsp3) is 0.267. The Labute approximate surface area is 111 Å². The largest absolute Gasteiger partial charge is 0.338 e. The van der Waals surface area contributed by atoms with Crippen LogP contribution in [0.2, 0.25) is 0 Å². The molecule has 0 amide bonds. The molecule has 2 aromatic heterocycles. The van der Waals surface area contributed by atoms with E-state index < -0.39 is 0 Å². The molecule has 0 bridgehead atoms. The number of benzene rings is 1. The fourth-order valence-electron chi connectivity index (χ4n) is 2.19. The van der Waals surface area contributed by atoms with Crippen molar-refractivity contribution in [1.82, 2.24) is 20.2 Å². The Morgan fingerprint density at radius 3 is 2.42 bits per heavy atom. The van der Waals surface area contributed by atoms with Crippen LogP contribution in [0, 0.1) is 27.7 Å². The molecule has 0 unspecified atom stereocenters. The summed E-state index contributed by atoms with van der Waals surface area (Å²) in [5.41, 5.74) is 7.37. The number of imidazole rings is 1. The Morgan fingerprint density at radius 1 is 0.895 bits per heavy atom. The van der Waals surface area contributed by atoms with Crippen molar-refractivity contribution in [3.63, 3.8) is 0 Å². The maximum Gasteiger partial charge on any atom is 0.140 e. The molecule has 0 fully saturated rings. The minimum atomic E-state index is 0.857. The van der Waals surface area contributed by atoms with E-state index in [4.69, 9.17) is 0 Å². The molecule has 2 heterocycles. The van der Waals surface area contributed by atoms with Crippen LogP contribution in [0.25, 0.3) is 22.4 Å². The Bertz CT molecular complexity index is 732. The summed E-state index contributed by atoms with van der Waals surface area (Å²) in [5.74, 6) is 0.857. The van der Waals surface area contributed by atoms with Crippen molar-refractivity contribution >= 4 is 11.0 Å². The molecule has 3 aromatic rings. The zero-order valence-corrected chi connectivity index (χ0v) is 11.6. The lowest BCUT2D eigenvalue weighted by Gasteiger charge is -2.01. The van der Waals surface area contributed by atoms with Crippen LogP contribution in [0.1, 0.15) is 22.5 Å². The quantitative estimate of drug-likeness (QED) is 0.723. The Balaban J connectivity index is 2.23. The van der Waals surface area contributed by atoms with Crippen LogP contribution in [-0.2, 0) is 0 Å². The van der Waals surface area contributed by atoms with E-state index in [1.807, 2.05) is 19.9 Å². The first kappa shape index (κ1) is 11.8. The highest BCUT2D eigenvalue weighted by molar-refractivity contribution is 5.81. The number of rotatable bonds is 1. The second kappa shape index (κ2) is 4.16. The van der Waals surface area contributed by atoms with Crippen LogP contribution < -0.4 is 0 Å². The maximum absolute atomic E-state index is 4.66. The third-order valence-corrected chi connectivity index (χ3v) is 3.45. The number of hydrogen-bond acceptors (Lipinski definition) is 3. The van der Waals surface area contributed by atoms with Gasteiger partial charge in [0.25, 0.3) is 0 Å². The van der Waals surface area contributed by atoms with Gasteiger partial charge >= 0.3 is 0 Å². The van der Waals surface area contributed by atoms with Gasteiger partial charge in [0.05, 0.1) is 22.4 Å². The highest BCUT2D eigenvalue weighted by Gasteiger charge is 2.10. The van der Waals surface area contributed by atoms with Gasteiger partial charge in [-0.3, -0.25) is 0 Å². The third-order valence-electron chi connectivity index (χ3n) is 3.45. The first-order chi connectivity index (χ1) is 9.04. The SMILES string of the molecule is Cc1cc(-c2nc3cc(C)c(C)cc3[nH]2)c(C)nn1. The summed E-state index contributed by atoms with van der Waals surface area (Å²) >= 11 is 0. The predicted molar refractivity (Wildman–Crippen MR) is 76.1 cm³/mol. The van der Waals surface area contributed by atoms with E-state index in [9.17, 15) is 0 Å². The van der Waals surface area contributed by atoms with Crippen molar-refractivity contribution < 1.29 is 0 Å². The Hall–Kier alpha value is -2.23. The van der Waals surface area contributed by atoms with Gasteiger partial charge in [-0.15, -0.1) is 0 Å². The van der Waals surface area contributed by atoms with E-state index in [1.54, 1.807) is 0 Å². The number of fused-ring (bicyclic) bond motifs is 1. The molecule has 96 valence electrons. The smallest absolute Gasteiger partial charge is 0.140 e. The number of nitrogens with one attached hydrogen (secondary N) is 1. The first-order valence-electron chi connectivity index (χ1n) is 6.33. The molecule has 4 heteroatoms. The highest BCUT2D eigenvalue weighted by Crippen LogP contribution is 2.24. The summed E-state index contributed by atoms with van der Waals surface area (Å²) in [5, 5.41) is 8.21. The van der Waals surface area contributed by atoms with E-state index in [1.165, 1.54) is 11.1 Å². The van der Waals surface area contributed by atoms with Gasteiger partial charge in [-0.1, -0.05) is 0 Å². The summed E-state index contributed by atoms with van der Waals surface area (Å²) in [6.07, 6.45) is 0. The van der Waals surface area contributed by atoms with Gasteiger partial charge in [0.15, 0.2) is 0 Å². The molecule has 0 spiro atoms. The lowest BCUT2D eigenvalue weighted by molar-refractivity contribution is 0.940. The molecule has 1 aromatic carbocycles. The zero-order valence-electron chi connectivity index (χ0n) is 11.6.